The van der Waals surface area contributed by atoms with Gasteiger partial charge in [0.2, 0.25) is 5.91 Å². The highest BCUT2D eigenvalue weighted by atomic mass is 32.1. The molecule has 5 heteroatoms. The molecule has 1 heterocycles. The summed E-state index contributed by atoms with van der Waals surface area (Å²) in [5, 5.41) is 9.56. The fourth-order valence-corrected chi connectivity index (χ4v) is 3.72. The van der Waals surface area contributed by atoms with Gasteiger partial charge in [0.05, 0.1) is 5.69 Å². The second-order valence-corrected chi connectivity index (χ2v) is 8.32. The lowest BCUT2D eigenvalue weighted by Crippen LogP contribution is -2.15. The highest BCUT2D eigenvalue weighted by molar-refractivity contribution is 7.13. The first-order chi connectivity index (χ1) is 13.5. The number of carbonyl (C=O) groups is 1. The van der Waals surface area contributed by atoms with Crippen LogP contribution < -0.4 is 10.6 Å². The zero-order chi connectivity index (χ0) is 19.9. The van der Waals surface area contributed by atoms with Crippen molar-refractivity contribution < 1.29 is 4.79 Å². The minimum absolute atomic E-state index is 0.0613. The average molecular weight is 394 g/mol. The molecule has 0 saturated heterocycles. The van der Waals surface area contributed by atoms with Gasteiger partial charge in [0.25, 0.3) is 0 Å². The van der Waals surface area contributed by atoms with Gasteiger partial charge < -0.3 is 10.6 Å². The first kappa shape index (κ1) is 20.2. The molecule has 0 aliphatic carbocycles. The highest BCUT2D eigenvalue weighted by Crippen LogP contribution is 2.24. The second-order valence-electron chi connectivity index (χ2n) is 7.46. The number of anilines is 1. The minimum atomic E-state index is 0.0613. The number of rotatable bonds is 8. The van der Waals surface area contributed by atoms with Crippen molar-refractivity contribution in [1.29, 1.82) is 0 Å². The van der Waals surface area contributed by atoms with Crippen molar-refractivity contribution in [2.45, 2.75) is 40.3 Å². The smallest absolute Gasteiger partial charge is 0.224 e. The van der Waals surface area contributed by atoms with Crippen LogP contribution in [0.2, 0.25) is 0 Å². The van der Waals surface area contributed by atoms with Crippen LogP contribution in [0.5, 0.6) is 0 Å². The molecule has 0 radical (unpaired) electrons. The standard InChI is InChI=1S/C23H27N3OS/c1-16(2)11-22(27)25-20-6-4-5-18(12-20)13-24-14-21-15-28-23(26-21)19-9-7-17(3)8-10-19/h4-10,12,15-16,24H,11,13-14H2,1-3H3,(H,25,27). The van der Waals surface area contributed by atoms with Gasteiger partial charge in [0.15, 0.2) is 0 Å². The van der Waals surface area contributed by atoms with E-state index >= 15 is 0 Å². The molecule has 0 saturated carbocycles. The molecule has 3 rings (SSSR count). The van der Waals surface area contributed by atoms with Crippen LogP contribution in [0.4, 0.5) is 5.69 Å². The summed E-state index contributed by atoms with van der Waals surface area (Å²) in [5.74, 6) is 0.416. The van der Waals surface area contributed by atoms with E-state index in [1.165, 1.54) is 5.56 Å². The molecule has 0 aliphatic rings. The molecule has 28 heavy (non-hydrogen) atoms. The molecule has 0 aliphatic heterocycles. The Kier molecular flexibility index (Phi) is 6.95. The van der Waals surface area contributed by atoms with Gasteiger partial charge in [-0.2, -0.15) is 0 Å². The third kappa shape index (κ3) is 6.01. The number of nitrogens with one attached hydrogen (secondary N) is 2. The number of thiazole rings is 1. The Morgan fingerprint density at radius 2 is 1.89 bits per heavy atom. The van der Waals surface area contributed by atoms with Crippen molar-refractivity contribution in [3.63, 3.8) is 0 Å². The number of benzene rings is 2. The normalized spacial score (nSPS) is 11.0. The SMILES string of the molecule is Cc1ccc(-c2nc(CNCc3cccc(NC(=O)CC(C)C)c3)cs2)cc1. The van der Waals surface area contributed by atoms with Crippen molar-refractivity contribution in [3.05, 3.63) is 70.7 Å². The van der Waals surface area contributed by atoms with Gasteiger partial charge in [-0.25, -0.2) is 4.98 Å². The molecule has 0 fully saturated rings. The molecule has 0 spiro atoms. The molecule has 3 aromatic rings. The number of hydrogen-bond donors (Lipinski definition) is 2. The third-order valence-electron chi connectivity index (χ3n) is 4.29. The Hall–Kier alpha value is -2.50. The van der Waals surface area contributed by atoms with E-state index in [0.29, 0.717) is 18.9 Å². The van der Waals surface area contributed by atoms with Gasteiger partial charge in [-0.3, -0.25) is 4.79 Å². The van der Waals surface area contributed by atoms with Gasteiger partial charge >= 0.3 is 0 Å². The fourth-order valence-electron chi connectivity index (χ4n) is 2.89. The lowest BCUT2D eigenvalue weighted by atomic mass is 10.1. The molecular weight excluding hydrogens is 366 g/mol. The van der Waals surface area contributed by atoms with Crippen molar-refractivity contribution in [3.8, 4) is 10.6 Å². The van der Waals surface area contributed by atoms with Crippen LogP contribution in [0, 0.1) is 12.8 Å². The molecule has 0 bridgehead atoms. The molecule has 1 amide bonds. The zero-order valence-electron chi connectivity index (χ0n) is 16.7. The first-order valence-corrected chi connectivity index (χ1v) is 10.5. The maximum absolute atomic E-state index is 11.9. The molecule has 146 valence electrons. The van der Waals surface area contributed by atoms with Crippen LogP contribution in [0.25, 0.3) is 10.6 Å². The minimum Gasteiger partial charge on any atom is -0.326 e. The van der Waals surface area contributed by atoms with Gasteiger partial charge in [0.1, 0.15) is 5.01 Å². The van der Waals surface area contributed by atoms with E-state index in [1.807, 2.05) is 32.0 Å². The summed E-state index contributed by atoms with van der Waals surface area (Å²) in [6.45, 7) is 7.62. The van der Waals surface area contributed by atoms with Gasteiger partial charge in [-0.15, -0.1) is 11.3 Å². The Bertz CT molecular complexity index is 916. The Labute approximate surface area is 171 Å². The molecule has 0 atom stereocenters. The van der Waals surface area contributed by atoms with E-state index in [9.17, 15) is 4.79 Å². The number of hydrogen-bond acceptors (Lipinski definition) is 4. The monoisotopic (exact) mass is 393 g/mol. The van der Waals surface area contributed by atoms with Crippen LogP contribution in [-0.2, 0) is 17.9 Å². The van der Waals surface area contributed by atoms with E-state index in [0.717, 1.165) is 34.1 Å². The van der Waals surface area contributed by atoms with Crippen LogP contribution >= 0.6 is 11.3 Å². The predicted molar refractivity (Wildman–Crippen MR) is 117 cm³/mol. The highest BCUT2D eigenvalue weighted by Gasteiger charge is 2.07. The summed E-state index contributed by atoms with van der Waals surface area (Å²) in [5.41, 5.74) is 5.44. The van der Waals surface area contributed by atoms with Crippen LogP contribution in [0.15, 0.2) is 53.9 Å². The molecule has 4 nitrogen and oxygen atoms in total. The number of aryl methyl sites for hydroxylation is 1. The molecule has 1 aromatic heterocycles. The summed E-state index contributed by atoms with van der Waals surface area (Å²) in [4.78, 5) is 16.7. The Balaban J connectivity index is 1.52. The van der Waals surface area contributed by atoms with Crippen molar-refractivity contribution in [1.82, 2.24) is 10.3 Å². The number of carbonyl (C=O) groups excluding carboxylic acids is 1. The summed E-state index contributed by atoms with van der Waals surface area (Å²) < 4.78 is 0. The maximum atomic E-state index is 11.9. The van der Waals surface area contributed by atoms with Gasteiger partial charge in [0, 0.05) is 36.1 Å². The van der Waals surface area contributed by atoms with E-state index in [1.54, 1.807) is 11.3 Å². The number of aromatic nitrogens is 1. The van der Waals surface area contributed by atoms with Gasteiger partial charge in [-0.05, 0) is 30.5 Å². The van der Waals surface area contributed by atoms with Crippen LogP contribution in [-0.4, -0.2) is 10.9 Å². The predicted octanol–water partition coefficient (Wildman–Crippen LogP) is 5.39. The maximum Gasteiger partial charge on any atom is 0.224 e. The molecule has 0 unspecified atom stereocenters. The van der Waals surface area contributed by atoms with Gasteiger partial charge in [-0.1, -0.05) is 55.8 Å². The zero-order valence-corrected chi connectivity index (χ0v) is 17.5. The number of amides is 1. The molecule has 2 aromatic carbocycles. The fraction of sp³-hybridized carbons (Fsp3) is 0.304. The van der Waals surface area contributed by atoms with Crippen molar-refractivity contribution in [2.24, 2.45) is 5.92 Å². The quantitative estimate of drug-likeness (QED) is 0.539. The number of nitrogens with zero attached hydrogens (tertiary/aromatic N) is 1. The Morgan fingerprint density at radius 1 is 1.11 bits per heavy atom. The summed E-state index contributed by atoms with van der Waals surface area (Å²) >= 11 is 1.67. The summed E-state index contributed by atoms with van der Waals surface area (Å²) in [6, 6.07) is 16.4. The lowest BCUT2D eigenvalue weighted by molar-refractivity contribution is -0.116. The van der Waals surface area contributed by atoms with Crippen molar-refractivity contribution in [2.75, 3.05) is 5.32 Å². The van der Waals surface area contributed by atoms with E-state index in [2.05, 4.69) is 53.3 Å². The first-order valence-electron chi connectivity index (χ1n) is 9.60. The second kappa shape index (κ2) is 9.62. The van der Waals surface area contributed by atoms with Crippen molar-refractivity contribution >= 4 is 22.9 Å². The summed E-state index contributed by atoms with van der Waals surface area (Å²) in [7, 11) is 0. The van der Waals surface area contributed by atoms with Crippen LogP contribution in [0.1, 0.15) is 37.1 Å². The lowest BCUT2D eigenvalue weighted by Gasteiger charge is -2.09. The van der Waals surface area contributed by atoms with E-state index < -0.39 is 0 Å². The van der Waals surface area contributed by atoms with Crippen LogP contribution in [0.3, 0.4) is 0 Å². The largest absolute Gasteiger partial charge is 0.326 e. The molecule has 2 N–H and O–H groups in total. The topological polar surface area (TPSA) is 54.0 Å². The van der Waals surface area contributed by atoms with E-state index in [-0.39, 0.29) is 5.91 Å². The third-order valence-corrected chi connectivity index (χ3v) is 5.23. The van der Waals surface area contributed by atoms with E-state index in [4.69, 9.17) is 4.98 Å². The Morgan fingerprint density at radius 3 is 2.64 bits per heavy atom. The average Bonchev–Trinajstić information content (AvgIpc) is 3.11. The molecular formula is C23H27N3OS. The summed E-state index contributed by atoms with van der Waals surface area (Å²) in [6.07, 6.45) is 0.537.